The Hall–Kier alpha value is -3.56. The number of nitrogens with one attached hydrogen (secondary N) is 1. The highest BCUT2D eigenvalue weighted by molar-refractivity contribution is 8.00. The first-order valence-electron chi connectivity index (χ1n) is 12.5. The summed E-state index contributed by atoms with van der Waals surface area (Å²) in [5.74, 6) is 0.207. The lowest BCUT2D eigenvalue weighted by atomic mass is 9.87. The Morgan fingerprint density at radius 1 is 1.18 bits per heavy atom. The van der Waals surface area contributed by atoms with Crippen molar-refractivity contribution in [2.45, 2.75) is 38.0 Å². The Morgan fingerprint density at radius 2 is 1.97 bits per heavy atom. The molecule has 5 rings (SSSR count). The van der Waals surface area contributed by atoms with E-state index in [1.54, 1.807) is 41.1 Å². The minimum atomic E-state index is -0.430. The molecule has 1 N–H and O–H groups in total. The van der Waals surface area contributed by atoms with E-state index in [1.807, 2.05) is 32.9 Å². The van der Waals surface area contributed by atoms with Crippen molar-refractivity contribution in [2.75, 3.05) is 17.2 Å². The summed E-state index contributed by atoms with van der Waals surface area (Å²) in [6.07, 6.45) is 1.54. The maximum Gasteiger partial charge on any atom is 0.240 e. The third kappa shape index (κ3) is 5.74. The number of carbonyl (C=O) groups excluding carboxylic acids is 2. The number of hydrogen-bond acceptors (Lipinski definition) is 5. The SMILES string of the molecule is CC(C)(C)c1nn(-c2cccc(Cl)c2)c2c1[C@H](c1cccc(F)c1)SCC(=O)N2CC(=O)NCc1ccco1. The van der Waals surface area contributed by atoms with E-state index in [1.165, 1.54) is 35.1 Å². The van der Waals surface area contributed by atoms with Crippen LogP contribution >= 0.6 is 23.4 Å². The summed E-state index contributed by atoms with van der Waals surface area (Å²) < 4.78 is 21.4. The highest BCUT2D eigenvalue weighted by atomic mass is 35.5. The van der Waals surface area contributed by atoms with Crippen molar-refractivity contribution in [3.63, 3.8) is 0 Å². The molecular weight excluding hydrogens is 539 g/mol. The summed E-state index contributed by atoms with van der Waals surface area (Å²) in [5.41, 5.74) is 2.45. The summed E-state index contributed by atoms with van der Waals surface area (Å²) in [5, 5.41) is 7.95. The zero-order chi connectivity index (χ0) is 27.7. The molecule has 2 aromatic heterocycles. The smallest absolute Gasteiger partial charge is 0.240 e. The molecule has 0 saturated carbocycles. The van der Waals surface area contributed by atoms with Crippen molar-refractivity contribution in [3.05, 3.63) is 100 Å². The molecule has 0 fully saturated rings. The number of hydrogen-bond donors (Lipinski definition) is 1. The summed E-state index contributed by atoms with van der Waals surface area (Å²) in [7, 11) is 0. The topological polar surface area (TPSA) is 80.4 Å². The molecule has 0 unspecified atom stereocenters. The van der Waals surface area contributed by atoms with Crippen LogP contribution in [0.3, 0.4) is 0 Å². The molecule has 202 valence electrons. The second kappa shape index (κ2) is 10.9. The second-order valence-corrected chi connectivity index (χ2v) is 11.8. The van der Waals surface area contributed by atoms with Crippen molar-refractivity contribution in [1.29, 1.82) is 0 Å². The molecule has 2 aromatic carbocycles. The van der Waals surface area contributed by atoms with Gasteiger partial charge in [0.05, 0.1) is 35.2 Å². The van der Waals surface area contributed by atoms with Crippen LogP contribution in [-0.2, 0) is 21.5 Å². The molecule has 0 bridgehead atoms. The molecule has 1 aliphatic rings. The molecule has 4 aromatic rings. The number of amides is 2. The van der Waals surface area contributed by atoms with Gasteiger partial charge in [-0.3, -0.25) is 14.5 Å². The molecule has 1 atom stereocenters. The summed E-state index contributed by atoms with van der Waals surface area (Å²) in [4.78, 5) is 28.3. The van der Waals surface area contributed by atoms with Gasteiger partial charge >= 0.3 is 0 Å². The van der Waals surface area contributed by atoms with E-state index < -0.39 is 10.7 Å². The van der Waals surface area contributed by atoms with Crippen molar-refractivity contribution in [3.8, 4) is 5.69 Å². The standard InChI is InChI=1S/C29H28ClFN4O3S/c1-29(2,3)27-25-26(18-7-4-9-20(31)13-18)39-17-24(37)34(16-23(36)32-15-22-11-6-12-38-22)28(25)35(33-27)21-10-5-8-19(30)14-21/h4-14,26H,15-17H2,1-3H3,(H,32,36)/t26-/m0/s1. The number of anilines is 1. The molecular formula is C29H28ClFN4O3S. The lowest BCUT2D eigenvalue weighted by Gasteiger charge is -2.24. The first-order chi connectivity index (χ1) is 18.6. The Morgan fingerprint density at radius 3 is 2.67 bits per heavy atom. The van der Waals surface area contributed by atoms with E-state index >= 15 is 0 Å². The fourth-order valence-corrected chi connectivity index (χ4v) is 5.96. The minimum Gasteiger partial charge on any atom is -0.467 e. The molecule has 0 saturated heterocycles. The Kier molecular flexibility index (Phi) is 7.55. The van der Waals surface area contributed by atoms with Crippen molar-refractivity contribution in [1.82, 2.24) is 15.1 Å². The van der Waals surface area contributed by atoms with Crippen LogP contribution in [0.1, 0.15) is 48.6 Å². The van der Waals surface area contributed by atoms with Gasteiger partial charge in [0.15, 0.2) is 0 Å². The van der Waals surface area contributed by atoms with E-state index in [0.29, 0.717) is 27.9 Å². The van der Waals surface area contributed by atoms with Crippen molar-refractivity contribution in [2.24, 2.45) is 0 Å². The number of aromatic nitrogens is 2. The molecule has 39 heavy (non-hydrogen) atoms. The molecule has 3 heterocycles. The van der Waals surface area contributed by atoms with Crippen LogP contribution in [-0.4, -0.2) is 33.9 Å². The van der Waals surface area contributed by atoms with Crippen LogP contribution in [0.4, 0.5) is 10.2 Å². The molecule has 2 amide bonds. The predicted molar refractivity (Wildman–Crippen MR) is 151 cm³/mol. The maximum absolute atomic E-state index is 14.4. The van der Waals surface area contributed by atoms with Crippen molar-refractivity contribution < 1.29 is 18.4 Å². The molecule has 0 radical (unpaired) electrons. The van der Waals surface area contributed by atoms with Gasteiger partial charge in [-0.25, -0.2) is 9.07 Å². The fourth-order valence-electron chi connectivity index (χ4n) is 4.59. The van der Waals surface area contributed by atoms with Crippen LogP contribution in [0.25, 0.3) is 5.69 Å². The zero-order valence-corrected chi connectivity index (χ0v) is 23.4. The van der Waals surface area contributed by atoms with Gasteiger partial charge in [0.25, 0.3) is 0 Å². The number of benzene rings is 2. The van der Waals surface area contributed by atoms with Crippen LogP contribution in [0.15, 0.2) is 71.3 Å². The predicted octanol–water partition coefficient (Wildman–Crippen LogP) is 6.04. The second-order valence-electron chi connectivity index (χ2n) is 10.3. The quantitative estimate of drug-likeness (QED) is 0.308. The minimum absolute atomic E-state index is 0.0977. The zero-order valence-electron chi connectivity index (χ0n) is 21.8. The van der Waals surface area contributed by atoms with Crippen LogP contribution < -0.4 is 10.2 Å². The average molecular weight is 567 g/mol. The van der Waals surface area contributed by atoms with Gasteiger partial charge in [0.1, 0.15) is 23.9 Å². The number of nitrogens with zero attached hydrogens (tertiary/aromatic N) is 3. The number of fused-ring (bicyclic) bond motifs is 1. The maximum atomic E-state index is 14.4. The number of thioether (sulfide) groups is 1. The van der Waals surface area contributed by atoms with Gasteiger partial charge in [-0.2, -0.15) is 5.10 Å². The Labute approximate surface area is 235 Å². The lowest BCUT2D eigenvalue weighted by molar-refractivity contribution is -0.123. The van der Waals surface area contributed by atoms with E-state index in [2.05, 4.69) is 5.32 Å². The molecule has 1 aliphatic heterocycles. The van der Waals surface area contributed by atoms with Gasteiger partial charge < -0.3 is 9.73 Å². The van der Waals surface area contributed by atoms with Crippen LogP contribution in [0.2, 0.25) is 5.02 Å². The first-order valence-corrected chi connectivity index (χ1v) is 13.9. The van der Waals surface area contributed by atoms with Crippen LogP contribution in [0.5, 0.6) is 0 Å². The first kappa shape index (κ1) is 27.0. The normalized spacial score (nSPS) is 15.7. The summed E-state index contributed by atoms with van der Waals surface area (Å²) in [6, 6.07) is 17.1. The number of carbonyl (C=O) groups is 2. The van der Waals surface area contributed by atoms with Gasteiger partial charge in [-0.05, 0) is 48.0 Å². The molecule has 7 nitrogen and oxygen atoms in total. The Bertz CT molecular complexity index is 1510. The Balaban J connectivity index is 1.68. The van der Waals surface area contributed by atoms with E-state index in [4.69, 9.17) is 21.1 Å². The molecule has 10 heteroatoms. The van der Waals surface area contributed by atoms with Gasteiger partial charge in [0, 0.05) is 16.0 Å². The highest BCUT2D eigenvalue weighted by Gasteiger charge is 2.40. The van der Waals surface area contributed by atoms with E-state index in [-0.39, 0.29) is 36.5 Å². The average Bonchev–Trinajstić information content (AvgIpc) is 3.52. The molecule has 0 spiro atoms. The van der Waals surface area contributed by atoms with E-state index in [9.17, 15) is 14.0 Å². The summed E-state index contributed by atoms with van der Waals surface area (Å²) >= 11 is 7.74. The molecule has 0 aliphatic carbocycles. The van der Waals surface area contributed by atoms with E-state index in [0.717, 1.165) is 11.3 Å². The summed E-state index contributed by atoms with van der Waals surface area (Å²) in [6.45, 7) is 6.09. The monoisotopic (exact) mass is 566 g/mol. The van der Waals surface area contributed by atoms with Gasteiger partial charge in [-0.15, -0.1) is 11.8 Å². The number of furan rings is 1. The van der Waals surface area contributed by atoms with Gasteiger partial charge in [0.2, 0.25) is 11.8 Å². The van der Waals surface area contributed by atoms with Crippen molar-refractivity contribution >= 4 is 41.0 Å². The highest BCUT2D eigenvalue weighted by Crippen LogP contribution is 2.48. The number of halogens is 2. The van der Waals surface area contributed by atoms with Crippen LogP contribution in [0, 0.1) is 5.82 Å². The van der Waals surface area contributed by atoms with Gasteiger partial charge in [-0.1, -0.05) is 50.6 Å². The largest absolute Gasteiger partial charge is 0.467 e. The third-order valence-electron chi connectivity index (χ3n) is 6.35. The lowest BCUT2D eigenvalue weighted by Crippen LogP contribution is -2.42. The fraction of sp³-hybridized carbons (Fsp3) is 0.276. The third-order valence-corrected chi connectivity index (χ3v) is 7.84. The number of rotatable bonds is 6.